The average molecular weight is 501 g/mol. The highest BCUT2D eigenvalue weighted by Gasteiger charge is 2.73. The summed E-state index contributed by atoms with van der Waals surface area (Å²) in [6.45, 7) is 2.81. The molecule has 1 aromatic rings. The lowest BCUT2D eigenvalue weighted by molar-refractivity contribution is -0.196. The highest BCUT2D eigenvalue weighted by Crippen LogP contribution is 2.55. The van der Waals surface area contributed by atoms with E-state index >= 15 is 0 Å². The van der Waals surface area contributed by atoms with Crippen LogP contribution in [-0.2, 0) is 24.0 Å². The lowest BCUT2D eigenvalue weighted by Gasteiger charge is -2.56. The minimum atomic E-state index is -3.05. The van der Waals surface area contributed by atoms with Crippen molar-refractivity contribution in [2.45, 2.75) is 37.5 Å². The molecule has 6 N–H and O–H groups in total. The Morgan fingerprint density at radius 2 is 1.72 bits per heavy atom. The van der Waals surface area contributed by atoms with Gasteiger partial charge in [0, 0.05) is 18.5 Å². The number of hydrogen-bond acceptors (Lipinski definition) is 10. The molecule has 0 aromatic heterocycles. The number of amides is 2. The van der Waals surface area contributed by atoms with Crippen LogP contribution in [0, 0.1) is 23.7 Å². The van der Waals surface area contributed by atoms with Gasteiger partial charge in [-0.15, -0.1) is 0 Å². The van der Waals surface area contributed by atoms with Gasteiger partial charge < -0.3 is 26.4 Å². The molecule has 0 radical (unpaired) electrons. The molecule has 2 saturated carbocycles. The van der Waals surface area contributed by atoms with Crippen molar-refractivity contribution in [3.05, 3.63) is 23.3 Å². The van der Waals surface area contributed by atoms with E-state index in [-0.39, 0.29) is 16.8 Å². The van der Waals surface area contributed by atoms with Crippen LogP contribution in [0.3, 0.4) is 0 Å². The summed E-state index contributed by atoms with van der Waals surface area (Å²) in [5, 5.41) is 36.2. The number of rotatable bonds is 3. The topological polar surface area (TPSA) is 204 Å². The number of carbonyl (C=O) groups is 6. The lowest BCUT2D eigenvalue weighted by atomic mass is 9.49. The largest absolute Gasteiger partial charge is 0.507 e. The maximum Gasteiger partial charge on any atom is 0.235 e. The number of phenolic OH excluding ortho intramolecular Hbond substituents is 1. The highest BCUT2D eigenvalue weighted by molar-refractivity contribution is 6.32. The predicted octanol–water partition coefficient (Wildman–Crippen LogP) is -1.64. The SMILES string of the molecule is CC(=O)Nc1ccc(O)c2c1[C@H](C)[C@@H]1C(C2=O)C(=O)[C@]2(O)C(=O)C(C(N)=O)C(=O)[C@@H](N(C)C)[C@@H]2[C@H]1O. The molecular weight excluding hydrogens is 474 g/mol. The van der Waals surface area contributed by atoms with Crippen molar-refractivity contribution < 1.29 is 44.1 Å². The predicted molar refractivity (Wildman–Crippen MR) is 122 cm³/mol. The molecule has 12 heteroatoms. The number of Topliss-reactive ketones (excluding diaryl/α,β-unsaturated/α-hetero) is 4. The van der Waals surface area contributed by atoms with E-state index in [1.54, 1.807) is 6.92 Å². The van der Waals surface area contributed by atoms with Crippen molar-refractivity contribution in [2.75, 3.05) is 19.4 Å². The Morgan fingerprint density at radius 3 is 2.25 bits per heavy atom. The summed E-state index contributed by atoms with van der Waals surface area (Å²) < 4.78 is 0. The zero-order valence-electron chi connectivity index (χ0n) is 20.0. The van der Waals surface area contributed by atoms with Crippen LogP contribution in [0.1, 0.15) is 35.7 Å². The first-order chi connectivity index (χ1) is 16.7. The normalized spacial score (nSPS) is 35.7. The number of benzene rings is 1. The van der Waals surface area contributed by atoms with E-state index < -0.39 is 88.0 Å². The van der Waals surface area contributed by atoms with E-state index in [0.29, 0.717) is 0 Å². The van der Waals surface area contributed by atoms with Crippen LogP contribution < -0.4 is 11.1 Å². The Balaban J connectivity index is 1.97. The van der Waals surface area contributed by atoms with E-state index in [1.807, 2.05) is 0 Å². The number of likely N-dealkylation sites (N-methyl/N-ethyl adjacent to an activating group) is 1. The van der Waals surface area contributed by atoms with Gasteiger partial charge in [-0.3, -0.25) is 33.7 Å². The maximum absolute atomic E-state index is 13.8. The number of aliphatic hydroxyl groups excluding tert-OH is 1. The minimum absolute atomic E-state index is 0.179. The molecule has 0 bridgehead atoms. The Hall–Kier alpha value is -3.48. The van der Waals surface area contributed by atoms with Crippen molar-refractivity contribution in [1.82, 2.24) is 4.90 Å². The summed E-state index contributed by atoms with van der Waals surface area (Å²) in [6.07, 6.45) is -1.74. The summed E-state index contributed by atoms with van der Waals surface area (Å²) >= 11 is 0. The minimum Gasteiger partial charge on any atom is -0.507 e. The summed E-state index contributed by atoms with van der Waals surface area (Å²) in [4.78, 5) is 78.9. The van der Waals surface area contributed by atoms with E-state index in [0.717, 1.165) is 6.07 Å². The fraction of sp³-hybridized carbons (Fsp3) is 0.500. The molecule has 0 spiro atoms. The number of carbonyl (C=O) groups excluding carboxylic acids is 6. The molecular formula is C24H27N3O9. The zero-order chi connectivity index (χ0) is 27.0. The number of aliphatic hydroxyl groups is 2. The molecule has 0 aliphatic heterocycles. The molecule has 12 nitrogen and oxygen atoms in total. The molecule has 1 aromatic carbocycles. The molecule has 3 aliphatic rings. The molecule has 2 amide bonds. The second-order valence-electron chi connectivity index (χ2n) is 9.97. The van der Waals surface area contributed by atoms with Crippen LogP contribution in [0.5, 0.6) is 5.75 Å². The third-order valence-electron chi connectivity index (χ3n) is 7.78. The molecule has 2 unspecified atom stereocenters. The Bertz CT molecular complexity index is 1240. The standard InChI is InChI=1S/C24H27N3O9/c1-7-11-9(26-8(2)28)5-6-10(29)13(11)18(30)14-12(7)19(31)16-17(27(3)4)20(32)15(23(25)35)22(34)24(16,36)21(14)33/h5-7,12,14-17,19,29,31,36H,1-4H3,(H2,25,35)(H,26,28)/t7-,12+,14?,15?,16+,17-,19-,24-/m0/s1. The first-order valence-electron chi connectivity index (χ1n) is 11.3. The van der Waals surface area contributed by atoms with Crippen molar-refractivity contribution in [1.29, 1.82) is 0 Å². The van der Waals surface area contributed by atoms with Gasteiger partial charge in [0.05, 0.1) is 29.5 Å². The van der Waals surface area contributed by atoms with Crippen LogP contribution >= 0.6 is 0 Å². The monoisotopic (exact) mass is 501 g/mol. The molecule has 4 rings (SSSR count). The molecule has 36 heavy (non-hydrogen) atoms. The highest BCUT2D eigenvalue weighted by atomic mass is 16.3. The van der Waals surface area contributed by atoms with Gasteiger partial charge in [0.1, 0.15) is 5.75 Å². The molecule has 8 atom stereocenters. The van der Waals surface area contributed by atoms with Gasteiger partial charge in [0.25, 0.3) is 0 Å². The number of anilines is 1. The Kier molecular flexibility index (Phi) is 5.90. The first-order valence-corrected chi connectivity index (χ1v) is 11.3. The lowest BCUT2D eigenvalue weighted by Crippen LogP contribution is -2.77. The third kappa shape index (κ3) is 3.18. The van der Waals surface area contributed by atoms with E-state index in [1.165, 1.54) is 32.0 Å². The van der Waals surface area contributed by atoms with Crippen LogP contribution in [0.25, 0.3) is 0 Å². The fourth-order valence-corrected chi connectivity index (χ4v) is 6.37. The molecule has 0 heterocycles. The summed E-state index contributed by atoms with van der Waals surface area (Å²) in [7, 11) is 2.83. The van der Waals surface area contributed by atoms with Crippen LogP contribution in [0.15, 0.2) is 12.1 Å². The number of nitrogens with zero attached hydrogens (tertiary/aromatic N) is 1. The molecule has 2 fully saturated rings. The van der Waals surface area contributed by atoms with E-state index in [9.17, 15) is 44.1 Å². The third-order valence-corrected chi connectivity index (χ3v) is 7.78. The number of ketones is 4. The molecule has 0 saturated heterocycles. The number of hydrogen-bond donors (Lipinski definition) is 5. The number of aromatic hydroxyl groups is 1. The quantitative estimate of drug-likeness (QED) is 0.236. The van der Waals surface area contributed by atoms with Gasteiger partial charge in [-0.1, -0.05) is 6.92 Å². The van der Waals surface area contributed by atoms with Crippen molar-refractivity contribution in [3.63, 3.8) is 0 Å². The van der Waals surface area contributed by atoms with Crippen LogP contribution in [-0.4, -0.2) is 87.0 Å². The van der Waals surface area contributed by atoms with Crippen LogP contribution in [0.2, 0.25) is 0 Å². The Morgan fingerprint density at radius 1 is 1.11 bits per heavy atom. The summed E-state index contributed by atoms with van der Waals surface area (Å²) in [5.41, 5.74) is 2.30. The smallest absolute Gasteiger partial charge is 0.235 e. The second-order valence-corrected chi connectivity index (χ2v) is 9.97. The van der Waals surface area contributed by atoms with Gasteiger partial charge in [0.15, 0.2) is 34.7 Å². The molecule has 3 aliphatic carbocycles. The van der Waals surface area contributed by atoms with Crippen molar-refractivity contribution in [3.8, 4) is 5.75 Å². The van der Waals surface area contributed by atoms with Gasteiger partial charge in [-0.05, 0) is 37.7 Å². The van der Waals surface area contributed by atoms with Crippen molar-refractivity contribution >= 4 is 40.6 Å². The average Bonchev–Trinajstić information content (AvgIpc) is 2.76. The summed E-state index contributed by atoms with van der Waals surface area (Å²) in [5.74, 6) is -14.7. The first kappa shape index (κ1) is 25.6. The Labute approximate surface area is 205 Å². The zero-order valence-corrected chi connectivity index (χ0v) is 20.0. The van der Waals surface area contributed by atoms with Gasteiger partial charge in [0.2, 0.25) is 11.8 Å². The number of primary amides is 1. The van der Waals surface area contributed by atoms with Crippen LogP contribution in [0.4, 0.5) is 5.69 Å². The second kappa shape index (κ2) is 8.29. The van der Waals surface area contributed by atoms with Crippen molar-refractivity contribution in [2.24, 2.45) is 29.4 Å². The summed E-state index contributed by atoms with van der Waals surface area (Å²) in [6, 6.07) is 1.08. The number of nitrogens with one attached hydrogen (secondary N) is 1. The number of phenols is 1. The fourth-order valence-electron chi connectivity index (χ4n) is 6.37. The van der Waals surface area contributed by atoms with Gasteiger partial charge in [-0.25, -0.2) is 0 Å². The van der Waals surface area contributed by atoms with Gasteiger partial charge in [-0.2, -0.15) is 0 Å². The number of fused-ring (bicyclic) bond motifs is 3. The van der Waals surface area contributed by atoms with E-state index in [2.05, 4.69) is 5.32 Å². The maximum atomic E-state index is 13.8. The van der Waals surface area contributed by atoms with Gasteiger partial charge >= 0.3 is 0 Å². The number of nitrogens with two attached hydrogens (primary N) is 1. The van der Waals surface area contributed by atoms with E-state index in [4.69, 9.17) is 5.73 Å². The molecule has 192 valence electrons.